The van der Waals surface area contributed by atoms with Crippen LogP contribution in [-0.4, -0.2) is 58.6 Å². The lowest BCUT2D eigenvalue weighted by Crippen LogP contribution is -2.47. The topological polar surface area (TPSA) is 89.3 Å². The van der Waals surface area contributed by atoms with Gasteiger partial charge in [-0.15, -0.1) is 11.3 Å². The lowest BCUT2D eigenvalue weighted by molar-refractivity contribution is -0.137. The number of piperazine rings is 1. The summed E-state index contributed by atoms with van der Waals surface area (Å²) in [4.78, 5) is 39.3. The van der Waals surface area contributed by atoms with Crippen LogP contribution in [0.3, 0.4) is 0 Å². The highest BCUT2D eigenvalue weighted by molar-refractivity contribution is 7.13. The maximum Gasteiger partial charge on any atom is 0.416 e. The van der Waals surface area contributed by atoms with Crippen LogP contribution in [0, 0.1) is 0 Å². The van der Waals surface area contributed by atoms with E-state index >= 15 is 0 Å². The van der Waals surface area contributed by atoms with E-state index < -0.39 is 17.3 Å². The van der Waals surface area contributed by atoms with Crippen LogP contribution in [0.15, 0.2) is 58.3 Å². The third-order valence-electron chi connectivity index (χ3n) is 6.98. The van der Waals surface area contributed by atoms with Crippen LogP contribution in [0.1, 0.15) is 41.2 Å². The predicted octanol–water partition coefficient (Wildman–Crippen LogP) is 6.31. The summed E-state index contributed by atoms with van der Waals surface area (Å²) in [5.74, 6) is -0.253. The summed E-state index contributed by atoms with van der Waals surface area (Å²) in [6.45, 7) is 6.06. The Morgan fingerprint density at radius 1 is 1.16 bits per heavy atom. The highest BCUT2D eigenvalue weighted by atomic mass is 35.5. The molecule has 0 aliphatic carbocycles. The smallest absolute Gasteiger partial charge is 0.378 e. The second-order valence-corrected chi connectivity index (χ2v) is 11.7. The fourth-order valence-corrected chi connectivity index (χ4v) is 5.89. The first-order valence-corrected chi connectivity index (χ1v) is 15.0. The first-order valence-electron chi connectivity index (χ1n) is 13.7. The number of thiazole rings is 1. The number of halogens is 4. The van der Waals surface area contributed by atoms with Crippen molar-refractivity contribution in [2.24, 2.45) is 0 Å². The van der Waals surface area contributed by atoms with E-state index in [1.165, 1.54) is 30.0 Å². The number of carbonyl (C=O) groups is 1. The van der Waals surface area contributed by atoms with Crippen molar-refractivity contribution in [1.82, 2.24) is 24.8 Å². The number of allylic oxidation sites excluding steroid dienone is 1. The van der Waals surface area contributed by atoms with Gasteiger partial charge in [0.2, 0.25) is 0 Å². The number of ether oxygens (including phenoxy) is 1. The number of hydrogen-bond acceptors (Lipinski definition) is 7. The van der Waals surface area contributed by atoms with E-state index in [1.54, 1.807) is 28.5 Å². The monoisotopic (exact) mass is 643 g/mol. The van der Waals surface area contributed by atoms with Crippen molar-refractivity contribution in [3.05, 3.63) is 91.4 Å². The predicted molar refractivity (Wildman–Crippen MR) is 165 cm³/mol. The number of pyridine rings is 2. The summed E-state index contributed by atoms with van der Waals surface area (Å²) in [5, 5.41) is 5.50. The molecule has 0 spiro atoms. The molecule has 1 aliphatic heterocycles. The van der Waals surface area contributed by atoms with Gasteiger partial charge < -0.3 is 15.0 Å². The number of nitrogens with one attached hydrogen (secondary N) is 1. The molecule has 4 aromatic rings. The maximum absolute atomic E-state index is 14.4. The molecule has 44 heavy (non-hydrogen) atoms. The fraction of sp³-hybridized carbons (Fsp3) is 0.290. The molecule has 0 bridgehead atoms. The Hall–Kier alpha value is -3.84. The van der Waals surface area contributed by atoms with Gasteiger partial charge in [0.25, 0.3) is 11.5 Å². The SMILES string of the molecule is COCc1ncc(Cl)cc1-n1c(C=C(C)C)c(C(=O)N2CCNCC2)cc(-c2nc(-c3ccc(C(F)(F)F)cc3)cs2)c1=O. The Bertz CT molecular complexity index is 1770. The fourth-order valence-electron chi connectivity index (χ4n) is 4.91. The zero-order valence-corrected chi connectivity index (χ0v) is 25.7. The average Bonchev–Trinajstić information content (AvgIpc) is 3.48. The van der Waals surface area contributed by atoms with Gasteiger partial charge in [-0.3, -0.25) is 19.1 Å². The summed E-state index contributed by atoms with van der Waals surface area (Å²) in [5.41, 5.74) is 2.07. The number of alkyl halides is 3. The van der Waals surface area contributed by atoms with Gasteiger partial charge >= 0.3 is 6.18 Å². The number of aromatic nitrogens is 3. The quantitative estimate of drug-likeness (QED) is 0.254. The number of carbonyl (C=O) groups excluding carboxylic acids is 1. The first kappa shape index (κ1) is 31.6. The van der Waals surface area contributed by atoms with Gasteiger partial charge in [-0.05, 0) is 44.2 Å². The number of methoxy groups -OCH3 is 1. The summed E-state index contributed by atoms with van der Waals surface area (Å²) in [6.07, 6.45) is -1.24. The zero-order chi connectivity index (χ0) is 31.6. The van der Waals surface area contributed by atoms with Crippen molar-refractivity contribution in [3.63, 3.8) is 0 Å². The van der Waals surface area contributed by atoms with E-state index in [9.17, 15) is 22.8 Å². The molecule has 5 rings (SSSR count). The third-order valence-corrected chi connectivity index (χ3v) is 8.06. The average molecular weight is 644 g/mol. The van der Waals surface area contributed by atoms with E-state index in [1.807, 2.05) is 13.8 Å². The van der Waals surface area contributed by atoms with Gasteiger partial charge in [0.15, 0.2) is 0 Å². The van der Waals surface area contributed by atoms with Crippen LogP contribution in [0.2, 0.25) is 5.02 Å². The minimum absolute atomic E-state index is 0.0772. The number of hydrogen-bond donors (Lipinski definition) is 1. The lowest BCUT2D eigenvalue weighted by atomic mass is 10.0. The molecule has 0 radical (unpaired) electrons. The van der Waals surface area contributed by atoms with Gasteiger partial charge in [0.1, 0.15) is 5.01 Å². The molecule has 1 saturated heterocycles. The van der Waals surface area contributed by atoms with Gasteiger partial charge in [-0.25, -0.2) is 4.98 Å². The van der Waals surface area contributed by atoms with E-state index in [0.717, 1.165) is 29.0 Å². The Labute approximate surface area is 260 Å². The van der Waals surface area contributed by atoms with Crippen LogP contribution in [-0.2, 0) is 17.5 Å². The normalized spacial score (nSPS) is 13.7. The van der Waals surface area contributed by atoms with Crippen molar-refractivity contribution < 1.29 is 22.7 Å². The van der Waals surface area contributed by atoms with E-state index in [2.05, 4.69) is 15.3 Å². The van der Waals surface area contributed by atoms with Crippen molar-refractivity contribution in [2.45, 2.75) is 26.6 Å². The van der Waals surface area contributed by atoms with Crippen molar-refractivity contribution in [3.8, 4) is 27.5 Å². The molecule has 13 heteroatoms. The van der Waals surface area contributed by atoms with Crippen molar-refractivity contribution >= 4 is 34.9 Å². The zero-order valence-electron chi connectivity index (χ0n) is 24.2. The van der Waals surface area contributed by atoms with Crippen molar-refractivity contribution in [1.29, 1.82) is 0 Å². The standard InChI is InChI=1S/C31H29ClF3N5O3S/c1-18(2)12-26-22(29(41)39-10-8-36-9-11-39)14-23(30(42)40(26)27-13-21(32)15-37-24(27)16-43-3)28-38-25(17-44-28)19-4-6-20(7-5-19)31(33,34)35/h4-7,12-15,17,36H,8-11,16H2,1-3H3. The Morgan fingerprint density at radius 2 is 1.86 bits per heavy atom. The Kier molecular flexibility index (Phi) is 9.35. The minimum Gasteiger partial charge on any atom is -0.378 e. The minimum atomic E-state index is -4.46. The molecule has 230 valence electrons. The Balaban J connectivity index is 1.75. The van der Waals surface area contributed by atoms with Crippen LogP contribution in [0.4, 0.5) is 13.2 Å². The number of rotatable bonds is 7. The molecule has 4 heterocycles. The summed E-state index contributed by atoms with van der Waals surface area (Å²) in [7, 11) is 1.51. The molecule has 8 nitrogen and oxygen atoms in total. The molecule has 1 N–H and O–H groups in total. The van der Waals surface area contributed by atoms with Gasteiger partial charge in [-0.2, -0.15) is 13.2 Å². The highest BCUT2D eigenvalue weighted by Crippen LogP contribution is 2.34. The molecular formula is C31H29ClF3N5O3S. The summed E-state index contributed by atoms with van der Waals surface area (Å²) in [6, 6.07) is 7.82. The molecule has 1 fully saturated rings. The molecule has 3 aromatic heterocycles. The largest absolute Gasteiger partial charge is 0.416 e. The van der Waals surface area contributed by atoms with Crippen LogP contribution >= 0.6 is 22.9 Å². The first-order chi connectivity index (χ1) is 21.0. The summed E-state index contributed by atoms with van der Waals surface area (Å²) >= 11 is 7.53. The second-order valence-electron chi connectivity index (χ2n) is 10.4. The number of amides is 1. The van der Waals surface area contributed by atoms with Crippen LogP contribution < -0.4 is 10.9 Å². The van der Waals surface area contributed by atoms with E-state index in [4.69, 9.17) is 16.3 Å². The summed E-state index contributed by atoms with van der Waals surface area (Å²) < 4.78 is 46.1. The van der Waals surface area contributed by atoms with Crippen LogP contribution in [0.5, 0.6) is 0 Å². The van der Waals surface area contributed by atoms with Gasteiger partial charge in [0, 0.05) is 50.4 Å². The number of nitrogens with zero attached hydrogens (tertiary/aromatic N) is 4. The molecular weight excluding hydrogens is 615 g/mol. The van der Waals surface area contributed by atoms with Crippen molar-refractivity contribution in [2.75, 3.05) is 33.3 Å². The molecule has 0 saturated carbocycles. The number of benzene rings is 1. The molecule has 0 atom stereocenters. The molecule has 1 aromatic carbocycles. The second kappa shape index (κ2) is 13.0. The van der Waals surface area contributed by atoms with E-state index in [0.29, 0.717) is 59.5 Å². The maximum atomic E-state index is 14.4. The molecule has 0 unspecified atom stereocenters. The van der Waals surface area contributed by atoms with E-state index in [-0.39, 0.29) is 28.7 Å². The molecule has 1 aliphatic rings. The van der Waals surface area contributed by atoms with Gasteiger partial charge in [-0.1, -0.05) is 29.3 Å². The third kappa shape index (κ3) is 6.63. The van der Waals surface area contributed by atoms with Crippen LogP contribution in [0.25, 0.3) is 33.6 Å². The Morgan fingerprint density at radius 3 is 2.50 bits per heavy atom. The van der Waals surface area contributed by atoms with Gasteiger partial charge in [0.05, 0.1) is 51.1 Å². The lowest BCUT2D eigenvalue weighted by Gasteiger charge is -2.29. The highest BCUT2D eigenvalue weighted by Gasteiger charge is 2.30. The molecule has 1 amide bonds.